The molecule has 1 aromatic heterocycles. The second-order valence-corrected chi connectivity index (χ2v) is 2.55. The van der Waals surface area contributed by atoms with Crippen LogP contribution in [-0.2, 0) is 6.61 Å². The molecule has 0 fully saturated rings. The van der Waals surface area contributed by atoms with Crippen LogP contribution in [0.2, 0.25) is 0 Å². The second-order valence-electron chi connectivity index (χ2n) is 2.55. The molecule has 0 saturated carbocycles. The highest BCUT2D eigenvalue weighted by Gasteiger charge is 2.28. The highest BCUT2D eigenvalue weighted by molar-refractivity contribution is 5.44. The Hall–Kier alpha value is -1.70. The molecule has 0 saturated heterocycles. The van der Waals surface area contributed by atoms with E-state index in [4.69, 9.17) is 5.11 Å². The number of halogens is 3. The highest BCUT2D eigenvalue weighted by atomic mass is 19.3. The van der Waals surface area contributed by atoms with Gasteiger partial charge in [-0.1, -0.05) is 0 Å². The number of aromatic nitrogens is 1. The topological polar surface area (TPSA) is 76.3 Å². The molecule has 0 bridgehead atoms. The lowest BCUT2D eigenvalue weighted by Crippen LogP contribution is -2.05. The summed E-state index contributed by atoms with van der Waals surface area (Å²) >= 11 is 0. The molecule has 1 aromatic rings. The number of rotatable bonds is 3. The van der Waals surface area contributed by atoms with Crippen LogP contribution in [0, 0.1) is 16.1 Å². The summed E-state index contributed by atoms with van der Waals surface area (Å²) in [6, 6.07) is 0.546. The number of hydrogen-bond donors (Lipinski definition) is 1. The number of nitrogens with zero attached hydrogens (tertiary/aromatic N) is 2. The third-order valence-corrected chi connectivity index (χ3v) is 1.63. The molecule has 0 amide bonds. The van der Waals surface area contributed by atoms with Crippen molar-refractivity contribution < 1.29 is 23.2 Å². The molecule has 1 rings (SSSR count). The molecule has 0 atom stereocenters. The van der Waals surface area contributed by atoms with Crippen LogP contribution in [0.25, 0.3) is 0 Å². The van der Waals surface area contributed by atoms with E-state index < -0.39 is 40.8 Å². The van der Waals surface area contributed by atoms with E-state index in [0.29, 0.717) is 6.07 Å². The molecule has 0 unspecified atom stereocenters. The number of aliphatic hydroxyl groups excluding tert-OH is 1. The summed E-state index contributed by atoms with van der Waals surface area (Å²) in [4.78, 5) is 12.0. The van der Waals surface area contributed by atoms with Gasteiger partial charge in [0.25, 0.3) is 6.43 Å². The first-order valence-electron chi connectivity index (χ1n) is 3.70. The normalized spacial score (nSPS) is 10.7. The summed E-state index contributed by atoms with van der Waals surface area (Å²) < 4.78 is 37.2. The van der Waals surface area contributed by atoms with Crippen molar-refractivity contribution in [2.45, 2.75) is 13.0 Å². The molecular formula is C7H5F3N2O3. The predicted molar refractivity (Wildman–Crippen MR) is 41.7 cm³/mol. The standard InChI is InChI=1S/C7H5F3N2O3/c8-4-1-3(2-13)6(12(14)15)5(11-4)7(9)10/h1,7,13H,2H2. The van der Waals surface area contributed by atoms with Crippen LogP contribution in [0.1, 0.15) is 17.7 Å². The van der Waals surface area contributed by atoms with Gasteiger partial charge in [0.1, 0.15) is 0 Å². The zero-order valence-corrected chi connectivity index (χ0v) is 7.15. The van der Waals surface area contributed by atoms with Gasteiger partial charge in [0, 0.05) is 6.07 Å². The molecule has 0 radical (unpaired) electrons. The van der Waals surface area contributed by atoms with Crippen LogP contribution < -0.4 is 0 Å². The van der Waals surface area contributed by atoms with Crippen LogP contribution in [0.3, 0.4) is 0 Å². The predicted octanol–water partition coefficient (Wildman–Crippen LogP) is 1.56. The third kappa shape index (κ3) is 2.21. The van der Waals surface area contributed by atoms with Crippen molar-refractivity contribution >= 4 is 5.69 Å². The first-order chi connectivity index (χ1) is 6.97. The van der Waals surface area contributed by atoms with Gasteiger partial charge in [-0.05, 0) is 0 Å². The maximum absolute atomic E-state index is 12.6. The Morgan fingerprint density at radius 3 is 2.60 bits per heavy atom. The van der Waals surface area contributed by atoms with Gasteiger partial charge >= 0.3 is 5.69 Å². The van der Waals surface area contributed by atoms with Gasteiger partial charge in [0.2, 0.25) is 5.95 Å². The van der Waals surface area contributed by atoms with Crippen molar-refractivity contribution in [3.8, 4) is 0 Å². The van der Waals surface area contributed by atoms with Crippen LogP contribution in [0.4, 0.5) is 18.9 Å². The smallest absolute Gasteiger partial charge is 0.302 e. The third-order valence-electron chi connectivity index (χ3n) is 1.63. The molecule has 0 aliphatic heterocycles. The van der Waals surface area contributed by atoms with Crippen LogP contribution in [-0.4, -0.2) is 15.0 Å². The molecular weight excluding hydrogens is 217 g/mol. The fourth-order valence-corrected chi connectivity index (χ4v) is 1.06. The van der Waals surface area contributed by atoms with E-state index in [1.165, 1.54) is 0 Å². The quantitative estimate of drug-likeness (QED) is 0.478. The van der Waals surface area contributed by atoms with E-state index in [0.717, 1.165) is 0 Å². The van der Waals surface area contributed by atoms with E-state index in [1.54, 1.807) is 0 Å². The van der Waals surface area contributed by atoms with Crippen LogP contribution >= 0.6 is 0 Å². The Labute approximate surface area is 81.3 Å². The maximum Gasteiger partial charge on any atom is 0.302 e. The fourth-order valence-electron chi connectivity index (χ4n) is 1.06. The van der Waals surface area contributed by atoms with Gasteiger partial charge in [0.05, 0.1) is 17.1 Å². The molecule has 1 heterocycles. The van der Waals surface area contributed by atoms with Crippen molar-refractivity contribution in [2.75, 3.05) is 0 Å². The monoisotopic (exact) mass is 222 g/mol. The summed E-state index contributed by atoms with van der Waals surface area (Å²) in [6.45, 7) is -0.907. The highest BCUT2D eigenvalue weighted by Crippen LogP contribution is 2.30. The Kier molecular flexibility index (Phi) is 3.20. The minimum Gasteiger partial charge on any atom is -0.391 e. The van der Waals surface area contributed by atoms with Crippen molar-refractivity contribution in [1.82, 2.24) is 4.98 Å². The zero-order valence-electron chi connectivity index (χ0n) is 7.15. The minimum absolute atomic E-state index is 0.525. The average molecular weight is 222 g/mol. The SMILES string of the molecule is O=[N+]([O-])c1c(CO)cc(F)nc1C(F)F. The van der Waals surface area contributed by atoms with Gasteiger partial charge in [0.15, 0.2) is 5.69 Å². The van der Waals surface area contributed by atoms with Crippen molar-refractivity contribution in [3.05, 3.63) is 33.4 Å². The van der Waals surface area contributed by atoms with Crippen LogP contribution in [0.5, 0.6) is 0 Å². The minimum atomic E-state index is -3.27. The maximum atomic E-state index is 12.6. The second kappa shape index (κ2) is 4.22. The van der Waals surface area contributed by atoms with Crippen molar-refractivity contribution in [3.63, 3.8) is 0 Å². The van der Waals surface area contributed by atoms with Gasteiger partial charge in [-0.25, -0.2) is 13.8 Å². The Morgan fingerprint density at radius 1 is 1.60 bits per heavy atom. The van der Waals surface area contributed by atoms with E-state index in [-0.39, 0.29) is 0 Å². The first kappa shape index (κ1) is 11.4. The average Bonchev–Trinajstić information content (AvgIpc) is 2.15. The summed E-state index contributed by atoms with van der Waals surface area (Å²) in [7, 11) is 0. The van der Waals surface area contributed by atoms with E-state index >= 15 is 0 Å². The van der Waals surface area contributed by atoms with E-state index in [9.17, 15) is 23.3 Å². The molecule has 1 N–H and O–H groups in total. The lowest BCUT2D eigenvalue weighted by atomic mass is 10.2. The molecule has 82 valence electrons. The van der Waals surface area contributed by atoms with Gasteiger partial charge in [-0.3, -0.25) is 10.1 Å². The number of nitro groups is 1. The van der Waals surface area contributed by atoms with Crippen LogP contribution in [0.15, 0.2) is 6.07 Å². The number of alkyl halides is 2. The number of hydrogen-bond acceptors (Lipinski definition) is 4. The van der Waals surface area contributed by atoms with Crippen molar-refractivity contribution in [1.29, 1.82) is 0 Å². The van der Waals surface area contributed by atoms with E-state index in [2.05, 4.69) is 4.98 Å². The Balaban J connectivity index is 3.47. The lowest BCUT2D eigenvalue weighted by molar-refractivity contribution is -0.387. The zero-order chi connectivity index (χ0) is 11.6. The van der Waals surface area contributed by atoms with Gasteiger partial charge < -0.3 is 5.11 Å². The Bertz CT molecular complexity index is 397. The summed E-state index contributed by atoms with van der Waals surface area (Å²) in [5.41, 5.74) is -2.85. The molecule has 15 heavy (non-hydrogen) atoms. The lowest BCUT2D eigenvalue weighted by Gasteiger charge is -2.04. The summed E-state index contributed by atoms with van der Waals surface area (Å²) in [6.07, 6.45) is -3.27. The fraction of sp³-hybridized carbons (Fsp3) is 0.286. The molecule has 0 spiro atoms. The molecule has 5 nitrogen and oxygen atoms in total. The first-order valence-corrected chi connectivity index (χ1v) is 3.70. The molecule has 0 aromatic carbocycles. The van der Waals surface area contributed by atoms with E-state index in [1.807, 2.05) is 0 Å². The Morgan fingerprint density at radius 2 is 2.20 bits per heavy atom. The summed E-state index contributed by atoms with van der Waals surface area (Å²) in [5, 5.41) is 19.1. The van der Waals surface area contributed by atoms with Crippen molar-refractivity contribution in [2.24, 2.45) is 0 Å². The largest absolute Gasteiger partial charge is 0.391 e. The number of pyridine rings is 1. The summed E-state index contributed by atoms with van der Waals surface area (Å²) in [5.74, 6) is -1.29. The number of aliphatic hydroxyl groups is 1. The molecule has 0 aliphatic rings. The molecule has 8 heteroatoms. The van der Waals surface area contributed by atoms with Gasteiger partial charge in [-0.2, -0.15) is 4.39 Å². The van der Waals surface area contributed by atoms with Gasteiger partial charge in [-0.15, -0.1) is 0 Å². The molecule has 0 aliphatic carbocycles.